The first kappa shape index (κ1) is 27.3. The van der Waals surface area contributed by atoms with E-state index in [4.69, 9.17) is 16.3 Å². The standard InChI is InChI=1S/C21H15ClI4N2O5/c1-8(2)18(21(32)33-7-11(29)27-10-6-4-3-5-9(10)22)28-19(30)12-13(20(28)31)15(24)17(26)16(25)14(12)23/h3-6,8,18H,7H2,1-2H3,(H,27,29). The number of benzene rings is 2. The zero-order valence-corrected chi connectivity index (χ0v) is 26.4. The highest BCUT2D eigenvalue weighted by molar-refractivity contribution is 14.1. The number of fused-ring (bicyclic) bond motifs is 1. The molecule has 0 saturated carbocycles. The van der Waals surface area contributed by atoms with E-state index in [1.54, 1.807) is 38.1 Å². The number of anilines is 1. The van der Waals surface area contributed by atoms with E-state index in [0.29, 0.717) is 29.0 Å². The Kier molecular flexibility index (Phi) is 9.27. The van der Waals surface area contributed by atoms with Gasteiger partial charge in [-0.3, -0.25) is 19.3 Å². The fraction of sp³-hybridized carbons (Fsp3) is 0.238. The fourth-order valence-corrected chi connectivity index (χ4v) is 7.10. The van der Waals surface area contributed by atoms with Crippen molar-refractivity contribution in [3.05, 3.63) is 54.7 Å². The molecule has 1 N–H and O–H groups in total. The molecule has 12 heteroatoms. The van der Waals surface area contributed by atoms with Crippen LogP contribution in [0.25, 0.3) is 0 Å². The third-order valence-electron chi connectivity index (χ3n) is 4.78. The summed E-state index contributed by atoms with van der Waals surface area (Å²) in [6, 6.07) is 5.48. The quantitative estimate of drug-likeness (QED) is 0.135. The van der Waals surface area contributed by atoms with Gasteiger partial charge in [-0.2, -0.15) is 0 Å². The van der Waals surface area contributed by atoms with Gasteiger partial charge in [0.2, 0.25) is 0 Å². The maximum absolute atomic E-state index is 13.3. The van der Waals surface area contributed by atoms with Crippen LogP contribution in [0.1, 0.15) is 34.6 Å². The van der Waals surface area contributed by atoms with E-state index < -0.39 is 42.3 Å². The second-order valence-electron chi connectivity index (χ2n) is 7.31. The Balaban J connectivity index is 1.82. The number of carbonyl (C=O) groups is 4. The number of para-hydroxylation sites is 1. The number of hydrogen-bond acceptors (Lipinski definition) is 5. The Labute approximate surface area is 249 Å². The number of hydrogen-bond donors (Lipinski definition) is 1. The Hall–Kier alpha value is -0.270. The molecule has 0 fully saturated rings. The summed E-state index contributed by atoms with van der Waals surface area (Å²) in [7, 11) is 0. The van der Waals surface area contributed by atoms with E-state index in [0.717, 1.165) is 12.0 Å². The van der Waals surface area contributed by atoms with Gasteiger partial charge >= 0.3 is 5.97 Å². The summed E-state index contributed by atoms with van der Waals surface area (Å²) in [6.07, 6.45) is 0. The SMILES string of the molecule is CC(C)C(C(=O)OCC(=O)Nc1ccccc1Cl)N1C(=O)c2c(I)c(I)c(I)c(I)c2C1=O. The van der Waals surface area contributed by atoms with Gasteiger partial charge in [0.15, 0.2) is 6.61 Å². The summed E-state index contributed by atoms with van der Waals surface area (Å²) < 4.78 is 8.30. The molecular weight excluding hydrogens is 903 g/mol. The maximum Gasteiger partial charge on any atom is 0.330 e. The van der Waals surface area contributed by atoms with Crippen LogP contribution in [-0.4, -0.2) is 41.2 Å². The van der Waals surface area contributed by atoms with Crippen LogP contribution >= 0.6 is 102 Å². The monoisotopic (exact) mass is 918 g/mol. The van der Waals surface area contributed by atoms with Crippen molar-refractivity contribution in [2.75, 3.05) is 11.9 Å². The van der Waals surface area contributed by atoms with Crippen molar-refractivity contribution in [1.29, 1.82) is 0 Å². The second kappa shape index (κ2) is 11.2. The van der Waals surface area contributed by atoms with Crippen LogP contribution < -0.4 is 5.32 Å². The number of nitrogens with zero attached hydrogens (tertiary/aromatic N) is 1. The first-order valence-electron chi connectivity index (χ1n) is 9.42. The van der Waals surface area contributed by atoms with Crippen LogP contribution in [0.5, 0.6) is 0 Å². The number of rotatable bonds is 6. The van der Waals surface area contributed by atoms with E-state index in [1.165, 1.54) is 0 Å². The highest BCUT2D eigenvalue weighted by atomic mass is 127. The summed E-state index contributed by atoms with van der Waals surface area (Å²) in [5.41, 5.74) is 0.976. The summed E-state index contributed by atoms with van der Waals surface area (Å²) in [6.45, 7) is 2.84. The molecule has 3 amide bonds. The van der Waals surface area contributed by atoms with Crippen LogP contribution in [0, 0.1) is 20.2 Å². The molecule has 1 aliphatic heterocycles. The molecule has 0 bridgehead atoms. The van der Waals surface area contributed by atoms with Crippen molar-refractivity contribution in [3.63, 3.8) is 0 Å². The lowest BCUT2D eigenvalue weighted by atomic mass is 10.0. The average molecular weight is 918 g/mol. The maximum atomic E-state index is 13.3. The number of nitrogens with one attached hydrogen (secondary N) is 1. The minimum atomic E-state index is -1.17. The molecule has 1 aliphatic rings. The van der Waals surface area contributed by atoms with Crippen LogP contribution in [0.4, 0.5) is 5.69 Å². The Morgan fingerprint density at radius 2 is 1.48 bits per heavy atom. The van der Waals surface area contributed by atoms with Gasteiger partial charge in [0.05, 0.1) is 21.8 Å². The van der Waals surface area contributed by atoms with E-state index in [9.17, 15) is 19.2 Å². The van der Waals surface area contributed by atoms with E-state index in [-0.39, 0.29) is 0 Å². The Morgan fingerprint density at radius 3 is 1.97 bits per heavy atom. The Bertz CT molecular complexity index is 1140. The zero-order chi connectivity index (χ0) is 24.6. The molecule has 33 heavy (non-hydrogen) atoms. The van der Waals surface area contributed by atoms with Crippen molar-refractivity contribution in [1.82, 2.24) is 4.90 Å². The molecule has 3 rings (SSSR count). The van der Waals surface area contributed by atoms with Gasteiger partial charge in [0.1, 0.15) is 6.04 Å². The highest BCUT2D eigenvalue weighted by Gasteiger charge is 2.47. The average Bonchev–Trinajstić information content (AvgIpc) is 3.01. The molecule has 1 atom stereocenters. The Morgan fingerprint density at radius 1 is 0.970 bits per heavy atom. The zero-order valence-electron chi connectivity index (χ0n) is 17.0. The van der Waals surface area contributed by atoms with Gasteiger partial charge in [-0.25, -0.2) is 4.79 Å². The van der Waals surface area contributed by atoms with Crippen LogP contribution in [-0.2, 0) is 14.3 Å². The van der Waals surface area contributed by atoms with Crippen molar-refractivity contribution in [2.24, 2.45) is 5.92 Å². The normalized spacial score (nSPS) is 13.9. The predicted octanol–water partition coefficient (Wildman–Crippen LogP) is 5.56. The third kappa shape index (κ3) is 5.45. The molecule has 0 spiro atoms. The minimum Gasteiger partial charge on any atom is -0.454 e. The lowest BCUT2D eigenvalue weighted by Gasteiger charge is -2.27. The third-order valence-corrected chi connectivity index (χ3v) is 12.5. The fourth-order valence-electron chi connectivity index (χ4n) is 3.27. The number of esters is 1. The van der Waals surface area contributed by atoms with Crippen LogP contribution in [0.15, 0.2) is 24.3 Å². The van der Waals surface area contributed by atoms with Crippen molar-refractivity contribution in [2.45, 2.75) is 19.9 Å². The smallest absolute Gasteiger partial charge is 0.330 e. The molecule has 0 radical (unpaired) electrons. The molecule has 2 aromatic carbocycles. The van der Waals surface area contributed by atoms with Gasteiger partial charge in [0.25, 0.3) is 17.7 Å². The van der Waals surface area contributed by atoms with Crippen LogP contribution in [0.3, 0.4) is 0 Å². The van der Waals surface area contributed by atoms with Gasteiger partial charge in [-0.15, -0.1) is 0 Å². The second-order valence-corrected chi connectivity index (χ2v) is 12.0. The molecule has 7 nitrogen and oxygen atoms in total. The molecular formula is C21H15ClI4N2O5. The molecule has 0 aliphatic carbocycles. The van der Waals surface area contributed by atoms with Gasteiger partial charge in [-0.05, 0) is 108 Å². The van der Waals surface area contributed by atoms with E-state index in [1.807, 2.05) is 45.2 Å². The minimum absolute atomic E-state index is 0.296. The molecule has 0 saturated heterocycles. The largest absolute Gasteiger partial charge is 0.454 e. The molecule has 1 heterocycles. The molecule has 174 valence electrons. The number of carbonyl (C=O) groups excluding carboxylic acids is 4. The number of amides is 3. The highest BCUT2D eigenvalue weighted by Crippen LogP contribution is 2.39. The van der Waals surface area contributed by atoms with Crippen LogP contribution in [0.2, 0.25) is 5.02 Å². The van der Waals surface area contributed by atoms with Crippen molar-refractivity contribution in [3.8, 4) is 0 Å². The summed E-state index contributed by atoms with van der Waals surface area (Å²) in [4.78, 5) is 52.8. The predicted molar refractivity (Wildman–Crippen MR) is 157 cm³/mol. The van der Waals surface area contributed by atoms with E-state index in [2.05, 4.69) is 50.5 Å². The van der Waals surface area contributed by atoms with Crippen molar-refractivity contribution < 1.29 is 23.9 Å². The summed E-state index contributed by atoms with van der Waals surface area (Å²) in [5, 5.41) is 2.91. The summed E-state index contributed by atoms with van der Waals surface area (Å²) >= 11 is 14.4. The van der Waals surface area contributed by atoms with E-state index >= 15 is 0 Å². The van der Waals surface area contributed by atoms with Crippen molar-refractivity contribution >= 4 is 131 Å². The number of halogens is 5. The summed E-state index contributed by atoms with van der Waals surface area (Å²) in [5.74, 6) is -2.93. The van der Waals surface area contributed by atoms with Gasteiger partial charge < -0.3 is 10.1 Å². The molecule has 0 aromatic heterocycles. The lowest BCUT2D eigenvalue weighted by Crippen LogP contribution is -2.49. The first-order chi connectivity index (χ1) is 15.5. The number of imide groups is 1. The number of ether oxygens (including phenoxy) is 1. The molecule has 1 unspecified atom stereocenters. The molecule has 2 aromatic rings. The topological polar surface area (TPSA) is 92.8 Å². The van der Waals surface area contributed by atoms with Gasteiger partial charge in [0, 0.05) is 14.3 Å². The first-order valence-corrected chi connectivity index (χ1v) is 14.1. The lowest BCUT2D eigenvalue weighted by molar-refractivity contribution is -0.152. The van der Waals surface area contributed by atoms with Gasteiger partial charge in [-0.1, -0.05) is 37.6 Å².